The smallest absolute Gasteiger partial charge is 0.123 e. The molecule has 1 aromatic heterocycles. The highest BCUT2D eigenvalue weighted by Crippen LogP contribution is 2.36. The van der Waals surface area contributed by atoms with E-state index in [2.05, 4.69) is 17.1 Å². The summed E-state index contributed by atoms with van der Waals surface area (Å²) in [5, 5.41) is 1.18. The van der Waals surface area contributed by atoms with Crippen LogP contribution < -0.4 is 19.9 Å². The number of benzene rings is 2. The molecule has 2 aromatic carbocycles. The molecule has 5 nitrogen and oxygen atoms in total. The van der Waals surface area contributed by atoms with E-state index in [0.29, 0.717) is 6.54 Å². The van der Waals surface area contributed by atoms with Crippen LogP contribution in [-0.2, 0) is 6.42 Å². The van der Waals surface area contributed by atoms with Crippen LogP contribution in [-0.4, -0.2) is 32.9 Å². The van der Waals surface area contributed by atoms with E-state index in [4.69, 9.17) is 19.9 Å². The molecule has 0 atom stereocenters. The average Bonchev–Trinajstić information content (AvgIpc) is 3.05. The van der Waals surface area contributed by atoms with Crippen LogP contribution in [0.2, 0.25) is 0 Å². The van der Waals surface area contributed by atoms with Gasteiger partial charge in [-0.25, -0.2) is 0 Å². The van der Waals surface area contributed by atoms with Crippen molar-refractivity contribution >= 4 is 10.9 Å². The van der Waals surface area contributed by atoms with Gasteiger partial charge in [0.25, 0.3) is 0 Å². The third kappa shape index (κ3) is 3.63. The quantitative estimate of drug-likeness (QED) is 0.597. The summed E-state index contributed by atoms with van der Waals surface area (Å²) < 4.78 is 16.3. The highest BCUT2D eigenvalue weighted by Gasteiger charge is 2.15. The van der Waals surface area contributed by atoms with Crippen molar-refractivity contribution in [1.29, 1.82) is 0 Å². The number of aryl methyl sites for hydroxylation is 1. The lowest BCUT2D eigenvalue weighted by atomic mass is 10.00. The first kappa shape index (κ1) is 18.1. The maximum Gasteiger partial charge on any atom is 0.123 e. The molecule has 0 aliphatic carbocycles. The van der Waals surface area contributed by atoms with Gasteiger partial charge in [-0.05, 0) is 61.7 Å². The fourth-order valence-electron chi connectivity index (χ4n) is 3.26. The van der Waals surface area contributed by atoms with E-state index in [1.807, 2.05) is 24.3 Å². The summed E-state index contributed by atoms with van der Waals surface area (Å²) in [6.45, 7) is 0.702. The van der Waals surface area contributed by atoms with Crippen LogP contribution in [0.15, 0.2) is 36.4 Å². The van der Waals surface area contributed by atoms with Gasteiger partial charge in [0.15, 0.2) is 0 Å². The van der Waals surface area contributed by atoms with Gasteiger partial charge in [-0.3, -0.25) is 0 Å². The molecule has 26 heavy (non-hydrogen) atoms. The first-order chi connectivity index (χ1) is 12.7. The van der Waals surface area contributed by atoms with Crippen molar-refractivity contribution in [2.75, 3.05) is 27.9 Å². The van der Waals surface area contributed by atoms with Gasteiger partial charge >= 0.3 is 0 Å². The predicted octanol–water partition coefficient (Wildman–Crippen LogP) is 4.14. The van der Waals surface area contributed by atoms with Gasteiger partial charge in [-0.15, -0.1) is 0 Å². The number of hydrogen-bond acceptors (Lipinski definition) is 4. The van der Waals surface area contributed by atoms with Crippen molar-refractivity contribution in [1.82, 2.24) is 4.98 Å². The minimum Gasteiger partial charge on any atom is -0.497 e. The van der Waals surface area contributed by atoms with Crippen molar-refractivity contribution < 1.29 is 14.2 Å². The lowest BCUT2D eigenvalue weighted by Gasteiger charge is -2.10. The van der Waals surface area contributed by atoms with E-state index in [1.54, 1.807) is 21.3 Å². The fraction of sp³-hybridized carbons (Fsp3) is 0.333. The van der Waals surface area contributed by atoms with Gasteiger partial charge in [0.05, 0.1) is 21.3 Å². The van der Waals surface area contributed by atoms with Crippen LogP contribution in [0.4, 0.5) is 0 Å². The Hall–Kier alpha value is -2.66. The molecule has 0 saturated heterocycles. The molecule has 1 heterocycles. The SMILES string of the molecule is COc1cc(OC)cc(-c2[nH]c3ccc(OC)cc3c2CCCCN)c1. The third-order valence-corrected chi connectivity index (χ3v) is 4.63. The van der Waals surface area contributed by atoms with E-state index in [1.165, 1.54) is 10.9 Å². The molecule has 0 aliphatic rings. The molecule has 0 spiro atoms. The highest BCUT2D eigenvalue weighted by molar-refractivity contribution is 5.92. The predicted molar refractivity (Wildman–Crippen MR) is 105 cm³/mol. The third-order valence-electron chi connectivity index (χ3n) is 4.63. The number of aromatic nitrogens is 1. The number of ether oxygens (including phenoxy) is 3. The number of nitrogens with one attached hydrogen (secondary N) is 1. The van der Waals surface area contributed by atoms with Crippen LogP contribution in [0, 0.1) is 0 Å². The molecule has 3 rings (SSSR count). The second-order valence-electron chi connectivity index (χ2n) is 6.24. The Morgan fingerprint density at radius 3 is 2.15 bits per heavy atom. The first-order valence-corrected chi connectivity index (χ1v) is 8.82. The van der Waals surface area contributed by atoms with Crippen molar-refractivity contribution in [3.8, 4) is 28.5 Å². The standard InChI is InChI=1S/C21H26N2O3/c1-24-15-7-8-20-19(13-15)18(6-4-5-9-22)21(23-20)14-10-16(25-2)12-17(11-14)26-3/h7-8,10-13,23H,4-6,9,22H2,1-3H3. The zero-order chi connectivity index (χ0) is 18.5. The van der Waals surface area contributed by atoms with Crippen molar-refractivity contribution in [2.24, 2.45) is 5.73 Å². The monoisotopic (exact) mass is 354 g/mol. The zero-order valence-corrected chi connectivity index (χ0v) is 15.6. The number of unbranched alkanes of at least 4 members (excludes halogenated alkanes) is 1. The molecular weight excluding hydrogens is 328 g/mol. The lowest BCUT2D eigenvalue weighted by molar-refractivity contribution is 0.394. The molecule has 3 aromatic rings. The Kier molecular flexibility index (Phi) is 5.68. The van der Waals surface area contributed by atoms with Gasteiger partial charge < -0.3 is 24.9 Å². The number of fused-ring (bicyclic) bond motifs is 1. The molecule has 0 fully saturated rings. The van der Waals surface area contributed by atoms with Crippen LogP contribution in [0.3, 0.4) is 0 Å². The normalized spacial score (nSPS) is 10.9. The molecule has 5 heteroatoms. The second-order valence-corrected chi connectivity index (χ2v) is 6.24. The van der Waals surface area contributed by atoms with Crippen LogP contribution in [0.25, 0.3) is 22.2 Å². The largest absolute Gasteiger partial charge is 0.497 e. The Labute approximate surface area is 154 Å². The number of methoxy groups -OCH3 is 3. The summed E-state index contributed by atoms with van der Waals surface area (Å²) in [5.74, 6) is 2.39. The number of H-pyrrole nitrogens is 1. The summed E-state index contributed by atoms with van der Waals surface area (Å²) in [6, 6.07) is 12.0. The minimum atomic E-state index is 0.702. The Morgan fingerprint density at radius 2 is 1.54 bits per heavy atom. The van der Waals surface area contributed by atoms with Crippen LogP contribution in [0.5, 0.6) is 17.2 Å². The van der Waals surface area contributed by atoms with Gasteiger partial charge in [0.2, 0.25) is 0 Å². The molecule has 0 radical (unpaired) electrons. The van der Waals surface area contributed by atoms with Crippen molar-refractivity contribution in [2.45, 2.75) is 19.3 Å². The number of nitrogens with two attached hydrogens (primary N) is 1. The van der Waals surface area contributed by atoms with E-state index < -0.39 is 0 Å². The maximum absolute atomic E-state index is 5.69. The summed E-state index contributed by atoms with van der Waals surface area (Å²) in [4.78, 5) is 3.56. The van der Waals surface area contributed by atoms with Crippen LogP contribution >= 0.6 is 0 Å². The summed E-state index contributed by atoms with van der Waals surface area (Å²) >= 11 is 0. The second kappa shape index (κ2) is 8.15. The summed E-state index contributed by atoms with van der Waals surface area (Å²) in [6.07, 6.45) is 2.98. The van der Waals surface area contributed by atoms with E-state index in [-0.39, 0.29) is 0 Å². The average molecular weight is 354 g/mol. The fourth-order valence-corrected chi connectivity index (χ4v) is 3.26. The first-order valence-electron chi connectivity index (χ1n) is 8.82. The number of rotatable bonds is 8. The van der Waals surface area contributed by atoms with Crippen molar-refractivity contribution in [3.63, 3.8) is 0 Å². The van der Waals surface area contributed by atoms with E-state index in [0.717, 1.165) is 53.3 Å². The topological polar surface area (TPSA) is 69.5 Å². The minimum absolute atomic E-state index is 0.702. The number of hydrogen-bond donors (Lipinski definition) is 2. The molecule has 138 valence electrons. The molecule has 0 unspecified atom stereocenters. The number of aromatic amines is 1. The van der Waals surface area contributed by atoms with Crippen molar-refractivity contribution in [3.05, 3.63) is 42.0 Å². The van der Waals surface area contributed by atoms with Gasteiger partial charge in [0, 0.05) is 28.2 Å². The lowest BCUT2D eigenvalue weighted by Crippen LogP contribution is -1.99. The Morgan fingerprint density at radius 1 is 0.846 bits per heavy atom. The van der Waals surface area contributed by atoms with E-state index in [9.17, 15) is 0 Å². The molecular formula is C21H26N2O3. The molecule has 3 N–H and O–H groups in total. The van der Waals surface area contributed by atoms with E-state index >= 15 is 0 Å². The molecule has 0 aliphatic heterocycles. The highest BCUT2D eigenvalue weighted by atomic mass is 16.5. The van der Waals surface area contributed by atoms with Gasteiger partial charge in [0.1, 0.15) is 17.2 Å². The van der Waals surface area contributed by atoms with Crippen LogP contribution in [0.1, 0.15) is 18.4 Å². The molecule has 0 saturated carbocycles. The summed E-state index contributed by atoms with van der Waals surface area (Å²) in [5.41, 5.74) is 10.2. The zero-order valence-electron chi connectivity index (χ0n) is 15.6. The molecule has 0 bridgehead atoms. The Balaban J connectivity index is 2.16. The summed E-state index contributed by atoms with van der Waals surface area (Å²) in [7, 11) is 5.02. The van der Waals surface area contributed by atoms with Gasteiger partial charge in [-0.1, -0.05) is 0 Å². The van der Waals surface area contributed by atoms with Gasteiger partial charge in [-0.2, -0.15) is 0 Å². The molecule has 0 amide bonds. The Bertz CT molecular complexity index is 864. The maximum atomic E-state index is 5.69.